The van der Waals surface area contributed by atoms with Crippen LogP contribution in [0.25, 0.3) is 0 Å². The second-order valence-electron chi connectivity index (χ2n) is 6.73. The van der Waals surface area contributed by atoms with Gasteiger partial charge in [0, 0.05) is 25.7 Å². The predicted molar refractivity (Wildman–Crippen MR) is 94.4 cm³/mol. The standard InChI is InChI=1S/C18H28N4O2/c1-13(2)9-16(10-19)21-17(23)11-20-18(24)22-8-7-14-5-3-4-6-15(14)12-22/h3-6,13,16H,7-12,19H2,1-2H3,(H,20,24)(H,21,23). The lowest BCUT2D eigenvalue weighted by Crippen LogP contribution is -2.49. The van der Waals surface area contributed by atoms with Crippen molar-refractivity contribution in [1.82, 2.24) is 15.5 Å². The molecular formula is C18H28N4O2. The largest absolute Gasteiger partial charge is 0.351 e. The second kappa shape index (κ2) is 8.68. The van der Waals surface area contributed by atoms with E-state index in [1.54, 1.807) is 4.90 Å². The smallest absolute Gasteiger partial charge is 0.318 e. The summed E-state index contributed by atoms with van der Waals surface area (Å²) in [5, 5.41) is 5.57. The van der Waals surface area contributed by atoms with Crippen molar-refractivity contribution >= 4 is 11.9 Å². The zero-order valence-electron chi connectivity index (χ0n) is 14.5. The normalized spacial score (nSPS) is 14.9. The molecule has 0 radical (unpaired) electrons. The van der Waals surface area contributed by atoms with E-state index in [4.69, 9.17) is 5.73 Å². The highest BCUT2D eigenvalue weighted by molar-refractivity contribution is 5.84. The molecule has 24 heavy (non-hydrogen) atoms. The number of nitrogens with two attached hydrogens (primary N) is 1. The number of fused-ring (bicyclic) bond motifs is 1. The maximum atomic E-state index is 12.3. The van der Waals surface area contributed by atoms with Crippen molar-refractivity contribution in [2.45, 2.75) is 39.3 Å². The number of carbonyl (C=O) groups is 2. The molecule has 0 aliphatic carbocycles. The average molecular weight is 332 g/mol. The Morgan fingerprint density at radius 2 is 1.96 bits per heavy atom. The summed E-state index contributed by atoms with van der Waals surface area (Å²) in [6, 6.07) is 7.89. The number of benzene rings is 1. The Morgan fingerprint density at radius 3 is 2.62 bits per heavy atom. The van der Waals surface area contributed by atoms with Crippen molar-refractivity contribution < 1.29 is 9.59 Å². The Balaban J connectivity index is 1.78. The van der Waals surface area contributed by atoms with Crippen LogP contribution in [0.2, 0.25) is 0 Å². The predicted octanol–water partition coefficient (Wildman–Crippen LogP) is 1.24. The van der Waals surface area contributed by atoms with Gasteiger partial charge < -0.3 is 21.3 Å². The summed E-state index contributed by atoms with van der Waals surface area (Å²) < 4.78 is 0. The summed E-state index contributed by atoms with van der Waals surface area (Å²) in [7, 11) is 0. The third-order valence-electron chi connectivity index (χ3n) is 4.22. The minimum Gasteiger partial charge on any atom is -0.351 e. The highest BCUT2D eigenvalue weighted by atomic mass is 16.2. The van der Waals surface area contributed by atoms with Gasteiger partial charge in [-0.1, -0.05) is 38.1 Å². The molecule has 4 N–H and O–H groups in total. The first kappa shape index (κ1) is 18.3. The first-order valence-electron chi connectivity index (χ1n) is 8.58. The molecule has 1 atom stereocenters. The van der Waals surface area contributed by atoms with Crippen LogP contribution >= 0.6 is 0 Å². The molecule has 0 spiro atoms. The number of nitrogens with zero attached hydrogens (tertiary/aromatic N) is 1. The van der Waals surface area contributed by atoms with Crippen molar-refractivity contribution in [1.29, 1.82) is 0 Å². The molecule has 1 aromatic carbocycles. The zero-order chi connectivity index (χ0) is 17.5. The van der Waals surface area contributed by atoms with Gasteiger partial charge in [0.05, 0.1) is 6.54 Å². The summed E-state index contributed by atoms with van der Waals surface area (Å²) in [6.45, 7) is 5.81. The second-order valence-corrected chi connectivity index (χ2v) is 6.73. The van der Waals surface area contributed by atoms with Gasteiger partial charge in [-0.05, 0) is 29.9 Å². The number of carbonyl (C=O) groups excluding carboxylic acids is 2. The Kier molecular flexibility index (Phi) is 6.61. The van der Waals surface area contributed by atoms with E-state index in [1.165, 1.54) is 11.1 Å². The molecule has 0 aromatic heterocycles. The maximum Gasteiger partial charge on any atom is 0.318 e. The van der Waals surface area contributed by atoms with Crippen LogP contribution in [-0.4, -0.2) is 42.5 Å². The number of rotatable bonds is 6. The first-order chi connectivity index (χ1) is 11.5. The molecule has 3 amide bonds. The molecule has 132 valence electrons. The fourth-order valence-electron chi connectivity index (χ4n) is 3.00. The lowest BCUT2D eigenvalue weighted by atomic mass is 10.0. The van der Waals surface area contributed by atoms with Gasteiger partial charge in [0.25, 0.3) is 0 Å². The van der Waals surface area contributed by atoms with E-state index in [0.29, 0.717) is 25.6 Å². The molecule has 1 aromatic rings. The molecule has 1 aliphatic rings. The number of urea groups is 1. The fourth-order valence-corrected chi connectivity index (χ4v) is 3.00. The van der Waals surface area contributed by atoms with Gasteiger partial charge in [0.2, 0.25) is 5.91 Å². The Labute approximate surface area is 143 Å². The van der Waals surface area contributed by atoms with Crippen LogP contribution in [0.15, 0.2) is 24.3 Å². The van der Waals surface area contributed by atoms with Crippen LogP contribution in [0.5, 0.6) is 0 Å². The Hall–Kier alpha value is -2.08. The molecular weight excluding hydrogens is 304 g/mol. The molecule has 6 heteroatoms. The van der Waals surface area contributed by atoms with Crippen LogP contribution in [0.1, 0.15) is 31.4 Å². The Morgan fingerprint density at radius 1 is 1.25 bits per heavy atom. The molecule has 0 saturated carbocycles. The monoisotopic (exact) mass is 332 g/mol. The first-order valence-corrected chi connectivity index (χ1v) is 8.58. The van der Waals surface area contributed by atoms with Crippen LogP contribution in [0.4, 0.5) is 4.79 Å². The summed E-state index contributed by atoms with van der Waals surface area (Å²) in [6.07, 6.45) is 1.68. The van der Waals surface area contributed by atoms with E-state index in [-0.39, 0.29) is 24.5 Å². The van der Waals surface area contributed by atoms with Crippen LogP contribution in [0.3, 0.4) is 0 Å². The van der Waals surface area contributed by atoms with Gasteiger partial charge in [-0.25, -0.2) is 4.79 Å². The third kappa shape index (κ3) is 5.23. The minimum atomic E-state index is -0.201. The number of amides is 3. The summed E-state index contributed by atoms with van der Waals surface area (Å²) in [4.78, 5) is 26.0. The SMILES string of the molecule is CC(C)CC(CN)NC(=O)CNC(=O)N1CCc2ccccc2C1. The van der Waals surface area contributed by atoms with Crippen molar-refractivity contribution in [3.05, 3.63) is 35.4 Å². The van der Waals surface area contributed by atoms with E-state index < -0.39 is 0 Å². The van der Waals surface area contributed by atoms with Gasteiger partial charge in [0.15, 0.2) is 0 Å². The summed E-state index contributed by atoms with van der Waals surface area (Å²) in [5.41, 5.74) is 8.14. The minimum absolute atomic E-state index is 0.0222. The summed E-state index contributed by atoms with van der Waals surface area (Å²) >= 11 is 0. The van der Waals surface area contributed by atoms with E-state index in [2.05, 4.69) is 30.5 Å². The fraction of sp³-hybridized carbons (Fsp3) is 0.556. The number of hydrogen-bond donors (Lipinski definition) is 3. The van der Waals surface area contributed by atoms with Gasteiger partial charge in [-0.15, -0.1) is 0 Å². The topological polar surface area (TPSA) is 87.5 Å². The highest BCUT2D eigenvalue weighted by Gasteiger charge is 2.21. The molecule has 1 heterocycles. The van der Waals surface area contributed by atoms with E-state index in [0.717, 1.165) is 12.8 Å². The molecule has 0 fully saturated rings. The average Bonchev–Trinajstić information content (AvgIpc) is 2.58. The van der Waals surface area contributed by atoms with Crippen LogP contribution in [0, 0.1) is 5.92 Å². The van der Waals surface area contributed by atoms with Crippen LogP contribution < -0.4 is 16.4 Å². The Bertz CT molecular complexity index is 574. The molecule has 0 saturated heterocycles. The van der Waals surface area contributed by atoms with E-state index in [1.807, 2.05) is 18.2 Å². The zero-order valence-corrected chi connectivity index (χ0v) is 14.5. The molecule has 1 unspecified atom stereocenters. The van der Waals surface area contributed by atoms with Crippen LogP contribution in [-0.2, 0) is 17.8 Å². The van der Waals surface area contributed by atoms with Gasteiger partial charge in [-0.3, -0.25) is 4.79 Å². The third-order valence-corrected chi connectivity index (χ3v) is 4.22. The van der Waals surface area contributed by atoms with Crippen molar-refractivity contribution in [2.24, 2.45) is 11.7 Å². The number of nitrogens with one attached hydrogen (secondary N) is 2. The lowest BCUT2D eigenvalue weighted by molar-refractivity contribution is -0.120. The van der Waals surface area contributed by atoms with Crippen molar-refractivity contribution in [2.75, 3.05) is 19.6 Å². The van der Waals surface area contributed by atoms with Crippen molar-refractivity contribution in [3.63, 3.8) is 0 Å². The highest BCUT2D eigenvalue weighted by Crippen LogP contribution is 2.18. The van der Waals surface area contributed by atoms with E-state index >= 15 is 0 Å². The van der Waals surface area contributed by atoms with Gasteiger partial charge in [-0.2, -0.15) is 0 Å². The quantitative estimate of drug-likeness (QED) is 0.732. The molecule has 2 rings (SSSR count). The molecule has 6 nitrogen and oxygen atoms in total. The van der Waals surface area contributed by atoms with E-state index in [9.17, 15) is 9.59 Å². The summed E-state index contributed by atoms with van der Waals surface area (Å²) in [5.74, 6) is 0.263. The van der Waals surface area contributed by atoms with Crippen molar-refractivity contribution in [3.8, 4) is 0 Å². The molecule has 1 aliphatic heterocycles. The number of hydrogen-bond acceptors (Lipinski definition) is 3. The maximum absolute atomic E-state index is 12.3. The molecule has 0 bridgehead atoms. The van der Waals surface area contributed by atoms with Gasteiger partial charge >= 0.3 is 6.03 Å². The lowest BCUT2D eigenvalue weighted by Gasteiger charge is -2.29. The van der Waals surface area contributed by atoms with Gasteiger partial charge in [0.1, 0.15) is 0 Å².